The zero-order chi connectivity index (χ0) is 18.5. The molecule has 3 N–H and O–H groups in total. The van der Waals surface area contributed by atoms with Crippen LogP contribution in [0.2, 0.25) is 0 Å². The lowest BCUT2D eigenvalue weighted by atomic mass is 10.1. The zero-order valence-electron chi connectivity index (χ0n) is 15.4. The minimum Gasteiger partial charge on any atom is -0.379 e. The predicted octanol–water partition coefficient (Wildman–Crippen LogP) is 2.28. The van der Waals surface area contributed by atoms with Gasteiger partial charge < -0.3 is 20.5 Å². The van der Waals surface area contributed by atoms with E-state index in [-0.39, 0.29) is 0 Å². The number of pyridine rings is 1. The number of nitrogens with one attached hydrogen (secondary N) is 1. The largest absolute Gasteiger partial charge is 0.379 e. The highest BCUT2D eigenvalue weighted by Crippen LogP contribution is 2.08. The molecule has 0 bridgehead atoms. The number of nitrogens with two attached hydrogens (primary N) is 1. The summed E-state index contributed by atoms with van der Waals surface area (Å²) in [6.45, 7) is 5.74. The van der Waals surface area contributed by atoms with E-state index in [1.807, 2.05) is 43.3 Å². The first kappa shape index (κ1) is 19.9. The summed E-state index contributed by atoms with van der Waals surface area (Å²) in [6.07, 6.45) is 2.60. The fraction of sp³-hybridized carbons (Fsp3) is 0.400. The molecule has 0 radical (unpaired) electrons. The molecule has 0 aliphatic rings. The van der Waals surface area contributed by atoms with Crippen molar-refractivity contribution in [2.45, 2.75) is 26.5 Å². The van der Waals surface area contributed by atoms with Crippen LogP contribution in [0.25, 0.3) is 0 Å². The molecule has 1 heterocycles. The Labute approximate surface area is 155 Å². The van der Waals surface area contributed by atoms with Gasteiger partial charge in [0.15, 0.2) is 5.96 Å². The van der Waals surface area contributed by atoms with Crippen LogP contribution in [0.3, 0.4) is 0 Å². The normalized spacial score (nSPS) is 11.5. The van der Waals surface area contributed by atoms with Crippen LogP contribution < -0.4 is 11.1 Å². The van der Waals surface area contributed by atoms with Crippen molar-refractivity contribution >= 4 is 5.96 Å². The van der Waals surface area contributed by atoms with Gasteiger partial charge in [-0.25, -0.2) is 4.99 Å². The van der Waals surface area contributed by atoms with Crippen molar-refractivity contribution in [1.29, 1.82) is 0 Å². The van der Waals surface area contributed by atoms with Gasteiger partial charge >= 0.3 is 0 Å². The van der Waals surface area contributed by atoms with Crippen LogP contribution in [0.4, 0.5) is 0 Å². The lowest BCUT2D eigenvalue weighted by Gasteiger charge is -2.07. The number of ether oxygens (including phenoxy) is 2. The summed E-state index contributed by atoms with van der Waals surface area (Å²) in [4.78, 5) is 8.67. The van der Waals surface area contributed by atoms with E-state index in [0.29, 0.717) is 45.5 Å². The lowest BCUT2D eigenvalue weighted by molar-refractivity contribution is 0.0453. The summed E-state index contributed by atoms with van der Waals surface area (Å²) in [5, 5.41) is 3.12. The third kappa shape index (κ3) is 8.09. The van der Waals surface area contributed by atoms with Gasteiger partial charge in [0.25, 0.3) is 0 Å². The maximum absolute atomic E-state index is 5.93. The number of guanidine groups is 1. The maximum Gasteiger partial charge on any atom is 0.188 e. The Kier molecular flexibility index (Phi) is 9.18. The molecular weight excluding hydrogens is 328 g/mol. The standard InChI is InChI=1S/C20H28N4O2/c1-2-25-12-13-26-16-18-7-5-6-17(14-18)15-24-20(21)23-11-9-19-8-3-4-10-22-19/h3-8,10,14H,2,9,11-13,15-16H2,1H3,(H3,21,23,24). The minimum atomic E-state index is 0.444. The van der Waals surface area contributed by atoms with Gasteiger partial charge in [-0.15, -0.1) is 0 Å². The summed E-state index contributed by atoms with van der Waals surface area (Å²) >= 11 is 0. The van der Waals surface area contributed by atoms with E-state index in [4.69, 9.17) is 15.2 Å². The van der Waals surface area contributed by atoms with Crippen LogP contribution >= 0.6 is 0 Å². The van der Waals surface area contributed by atoms with E-state index in [1.54, 1.807) is 6.20 Å². The molecule has 26 heavy (non-hydrogen) atoms. The molecule has 0 unspecified atom stereocenters. The van der Waals surface area contributed by atoms with Gasteiger partial charge in [0.2, 0.25) is 0 Å². The highest BCUT2D eigenvalue weighted by Gasteiger charge is 1.98. The Morgan fingerprint density at radius 1 is 1.12 bits per heavy atom. The second-order valence-corrected chi connectivity index (χ2v) is 5.77. The van der Waals surface area contributed by atoms with Gasteiger partial charge in [0.05, 0.1) is 26.4 Å². The van der Waals surface area contributed by atoms with E-state index >= 15 is 0 Å². The van der Waals surface area contributed by atoms with Gasteiger partial charge in [-0.05, 0) is 30.2 Å². The molecule has 2 rings (SSSR count). The van der Waals surface area contributed by atoms with E-state index in [0.717, 1.165) is 23.2 Å². The monoisotopic (exact) mass is 356 g/mol. The SMILES string of the molecule is CCOCCOCc1cccc(CN=C(N)NCCc2ccccn2)c1. The van der Waals surface area contributed by atoms with E-state index in [2.05, 4.69) is 21.4 Å². The number of hydrogen-bond donors (Lipinski definition) is 2. The highest BCUT2D eigenvalue weighted by molar-refractivity contribution is 5.77. The summed E-state index contributed by atoms with van der Waals surface area (Å²) in [7, 11) is 0. The third-order valence-corrected chi connectivity index (χ3v) is 3.68. The Hall–Kier alpha value is -2.44. The van der Waals surface area contributed by atoms with Crippen LogP contribution in [-0.2, 0) is 29.0 Å². The molecule has 0 aliphatic carbocycles. The van der Waals surface area contributed by atoms with Gasteiger partial charge in [0, 0.05) is 31.5 Å². The average molecular weight is 356 g/mol. The van der Waals surface area contributed by atoms with Crippen LogP contribution in [0.15, 0.2) is 53.7 Å². The predicted molar refractivity (Wildman–Crippen MR) is 104 cm³/mol. The molecule has 0 saturated carbocycles. The number of aromatic nitrogens is 1. The van der Waals surface area contributed by atoms with E-state index < -0.39 is 0 Å². The number of rotatable bonds is 11. The number of aliphatic imine (C=N–C) groups is 1. The second-order valence-electron chi connectivity index (χ2n) is 5.77. The Morgan fingerprint density at radius 3 is 2.77 bits per heavy atom. The highest BCUT2D eigenvalue weighted by atomic mass is 16.5. The van der Waals surface area contributed by atoms with Gasteiger partial charge in [0.1, 0.15) is 0 Å². The molecule has 6 nitrogen and oxygen atoms in total. The van der Waals surface area contributed by atoms with Gasteiger partial charge in [-0.1, -0.05) is 30.3 Å². The fourth-order valence-electron chi connectivity index (χ4n) is 2.37. The first-order valence-electron chi connectivity index (χ1n) is 8.95. The summed E-state index contributed by atoms with van der Waals surface area (Å²) < 4.78 is 10.8. The fourth-order valence-corrected chi connectivity index (χ4v) is 2.37. The molecule has 0 atom stereocenters. The molecular formula is C20H28N4O2. The van der Waals surface area contributed by atoms with Crippen molar-refractivity contribution in [3.8, 4) is 0 Å². The van der Waals surface area contributed by atoms with Crippen molar-refractivity contribution in [3.05, 3.63) is 65.5 Å². The molecule has 0 amide bonds. The minimum absolute atomic E-state index is 0.444. The van der Waals surface area contributed by atoms with Crippen molar-refractivity contribution < 1.29 is 9.47 Å². The molecule has 1 aromatic carbocycles. The third-order valence-electron chi connectivity index (χ3n) is 3.68. The van der Waals surface area contributed by atoms with Crippen LogP contribution in [-0.4, -0.2) is 37.3 Å². The van der Waals surface area contributed by atoms with Crippen molar-refractivity contribution in [2.24, 2.45) is 10.7 Å². The zero-order valence-corrected chi connectivity index (χ0v) is 15.4. The average Bonchev–Trinajstić information content (AvgIpc) is 2.67. The number of benzene rings is 1. The molecule has 6 heteroatoms. The van der Waals surface area contributed by atoms with Crippen molar-refractivity contribution in [3.63, 3.8) is 0 Å². The van der Waals surface area contributed by atoms with Gasteiger partial charge in [-0.2, -0.15) is 0 Å². The summed E-state index contributed by atoms with van der Waals surface area (Å²) in [5.74, 6) is 0.444. The molecule has 0 aliphatic heterocycles. The Morgan fingerprint density at radius 2 is 1.96 bits per heavy atom. The number of nitrogens with zero attached hydrogens (tertiary/aromatic N) is 2. The Balaban J connectivity index is 1.71. The molecule has 140 valence electrons. The van der Waals surface area contributed by atoms with E-state index in [1.165, 1.54) is 0 Å². The molecule has 2 aromatic rings. The van der Waals surface area contributed by atoms with Crippen LogP contribution in [0.5, 0.6) is 0 Å². The summed E-state index contributed by atoms with van der Waals surface area (Å²) in [5.41, 5.74) is 9.19. The molecule has 0 fully saturated rings. The smallest absolute Gasteiger partial charge is 0.188 e. The summed E-state index contributed by atoms with van der Waals surface area (Å²) in [6, 6.07) is 14.1. The Bertz CT molecular complexity index is 662. The lowest BCUT2D eigenvalue weighted by Crippen LogP contribution is -2.33. The van der Waals surface area contributed by atoms with Gasteiger partial charge in [-0.3, -0.25) is 4.98 Å². The number of hydrogen-bond acceptors (Lipinski definition) is 4. The van der Waals surface area contributed by atoms with Crippen molar-refractivity contribution in [1.82, 2.24) is 10.3 Å². The quantitative estimate of drug-likeness (QED) is 0.367. The van der Waals surface area contributed by atoms with Crippen LogP contribution in [0, 0.1) is 0 Å². The van der Waals surface area contributed by atoms with Crippen LogP contribution in [0.1, 0.15) is 23.7 Å². The van der Waals surface area contributed by atoms with E-state index in [9.17, 15) is 0 Å². The first-order chi connectivity index (χ1) is 12.8. The second kappa shape index (κ2) is 12.0. The maximum atomic E-state index is 5.93. The topological polar surface area (TPSA) is 81.8 Å². The first-order valence-corrected chi connectivity index (χ1v) is 8.95. The van der Waals surface area contributed by atoms with Crippen molar-refractivity contribution in [2.75, 3.05) is 26.4 Å². The molecule has 1 aromatic heterocycles. The molecule has 0 saturated heterocycles. The molecule has 0 spiro atoms.